The summed E-state index contributed by atoms with van der Waals surface area (Å²) < 4.78 is 0. The molecular weight excluding hydrogens is 244 g/mol. The van der Waals surface area contributed by atoms with Crippen molar-refractivity contribution in [3.05, 3.63) is 40.7 Å². The molecule has 4 heteroatoms. The lowest BCUT2D eigenvalue weighted by atomic mass is 10.1. The Kier molecular flexibility index (Phi) is 3.11. The van der Waals surface area contributed by atoms with E-state index in [9.17, 15) is 4.79 Å². The molecule has 2 heterocycles. The van der Waals surface area contributed by atoms with Gasteiger partial charge in [-0.05, 0) is 35.9 Å². The zero-order valence-corrected chi connectivity index (χ0v) is 10.7. The quantitative estimate of drug-likeness (QED) is 0.916. The van der Waals surface area contributed by atoms with Crippen molar-refractivity contribution >= 4 is 17.2 Å². The molecule has 1 saturated carbocycles. The Bertz CT molecular complexity index is 547. The number of aromatic nitrogens is 1. The van der Waals surface area contributed by atoms with E-state index in [-0.39, 0.29) is 11.8 Å². The van der Waals surface area contributed by atoms with Crippen LogP contribution >= 0.6 is 11.3 Å². The van der Waals surface area contributed by atoms with Gasteiger partial charge in [-0.25, -0.2) is 0 Å². The predicted molar refractivity (Wildman–Crippen MR) is 72.1 cm³/mol. The summed E-state index contributed by atoms with van der Waals surface area (Å²) in [6.45, 7) is 0.564. The van der Waals surface area contributed by atoms with Crippen LogP contribution in [-0.4, -0.2) is 10.9 Å². The number of carbonyl (C=O) groups excluding carboxylic acids is 1. The lowest BCUT2D eigenvalue weighted by molar-refractivity contribution is -0.122. The minimum atomic E-state index is 0.176. The molecule has 1 fully saturated rings. The van der Waals surface area contributed by atoms with Gasteiger partial charge in [0.2, 0.25) is 5.91 Å². The second-order valence-corrected chi connectivity index (χ2v) is 5.30. The number of carbonyl (C=O) groups is 1. The Morgan fingerprint density at radius 1 is 1.44 bits per heavy atom. The van der Waals surface area contributed by atoms with Crippen molar-refractivity contribution in [3.8, 4) is 11.3 Å². The van der Waals surface area contributed by atoms with Crippen molar-refractivity contribution in [2.45, 2.75) is 19.4 Å². The summed E-state index contributed by atoms with van der Waals surface area (Å²) in [5.41, 5.74) is 3.16. The summed E-state index contributed by atoms with van der Waals surface area (Å²) in [5.74, 6) is 0.432. The molecule has 1 amide bonds. The van der Waals surface area contributed by atoms with Crippen LogP contribution in [0.25, 0.3) is 11.3 Å². The fourth-order valence-electron chi connectivity index (χ4n) is 1.91. The fraction of sp³-hybridized carbons (Fsp3) is 0.286. The van der Waals surface area contributed by atoms with Crippen molar-refractivity contribution in [2.24, 2.45) is 5.92 Å². The van der Waals surface area contributed by atoms with Gasteiger partial charge in [0.15, 0.2) is 0 Å². The summed E-state index contributed by atoms with van der Waals surface area (Å²) in [7, 11) is 0. The SMILES string of the molecule is O=C(NCc1cccnc1-c1ccsc1)C1CC1. The van der Waals surface area contributed by atoms with E-state index >= 15 is 0 Å². The van der Waals surface area contributed by atoms with Crippen LogP contribution in [0.1, 0.15) is 18.4 Å². The van der Waals surface area contributed by atoms with E-state index < -0.39 is 0 Å². The second kappa shape index (κ2) is 4.90. The molecule has 0 saturated heterocycles. The third-order valence-corrected chi connectivity index (χ3v) is 3.77. The Labute approximate surface area is 110 Å². The van der Waals surface area contributed by atoms with E-state index in [1.54, 1.807) is 17.5 Å². The number of amides is 1. The molecule has 1 N–H and O–H groups in total. The molecule has 2 aromatic rings. The molecule has 1 aliphatic rings. The molecule has 0 spiro atoms. The van der Waals surface area contributed by atoms with Crippen LogP contribution in [0.5, 0.6) is 0 Å². The van der Waals surface area contributed by atoms with Gasteiger partial charge in [0.1, 0.15) is 0 Å². The number of pyridine rings is 1. The highest BCUT2D eigenvalue weighted by atomic mass is 32.1. The highest BCUT2D eigenvalue weighted by Crippen LogP contribution is 2.29. The molecule has 0 bridgehead atoms. The summed E-state index contributed by atoms with van der Waals surface area (Å²) in [6.07, 6.45) is 3.87. The second-order valence-electron chi connectivity index (χ2n) is 4.52. The first-order valence-corrected chi connectivity index (χ1v) is 7.03. The molecule has 92 valence electrons. The van der Waals surface area contributed by atoms with Crippen molar-refractivity contribution in [1.29, 1.82) is 0 Å². The molecule has 0 aromatic carbocycles. The smallest absolute Gasteiger partial charge is 0.223 e. The topological polar surface area (TPSA) is 42.0 Å². The molecule has 0 aliphatic heterocycles. The molecular formula is C14H14N2OS. The Morgan fingerprint density at radius 2 is 2.33 bits per heavy atom. The number of thiophene rings is 1. The minimum absolute atomic E-state index is 0.176. The average molecular weight is 258 g/mol. The number of hydrogen-bond donors (Lipinski definition) is 1. The van der Waals surface area contributed by atoms with E-state index in [1.807, 2.05) is 17.5 Å². The molecule has 3 rings (SSSR count). The van der Waals surface area contributed by atoms with Gasteiger partial charge in [0.25, 0.3) is 0 Å². The highest BCUT2D eigenvalue weighted by Gasteiger charge is 2.29. The molecule has 2 aromatic heterocycles. The summed E-state index contributed by atoms with van der Waals surface area (Å²) in [5, 5.41) is 7.10. The van der Waals surface area contributed by atoms with Crippen molar-refractivity contribution in [3.63, 3.8) is 0 Å². The maximum Gasteiger partial charge on any atom is 0.223 e. The van der Waals surface area contributed by atoms with E-state index in [2.05, 4.69) is 21.7 Å². The normalized spacial score (nSPS) is 14.4. The standard InChI is InChI=1S/C14H14N2OS/c17-14(10-3-4-10)16-8-11-2-1-6-15-13(11)12-5-7-18-9-12/h1-2,5-7,9-10H,3-4,8H2,(H,16,17). The van der Waals surface area contributed by atoms with Crippen LogP contribution in [0.3, 0.4) is 0 Å². The van der Waals surface area contributed by atoms with Crippen LogP contribution in [0, 0.1) is 5.92 Å². The molecule has 0 radical (unpaired) electrons. The average Bonchev–Trinajstić information content (AvgIpc) is 3.12. The van der Waals surface area contributed by atoms with Gasteiger partial charge >= 0.3 is 0 Å². The number of nitrogens with one attached hydrogen (secondary N) is 1. The van der Waals surface area contributed by atoms with Crippen LogP contribution < -0.4 is 5.32 Å². The van der Waals surface area contributed by atoms with Gasteiger partial charge in [-0.2, -0.15) is 11.3 Å². The van der Waals surface area contributed by atoms with Crippen LogP contribution in [-0.2, 0) is 11.3 Å². The van der Waals surface area contributed by atoms with Gasteiger partial charge in [0, 0.05) is 29.6 Å². The Hall–Kier alpha value is -1.68. The molecule has 0 atom stereocenters. The van der Waals surface area contributed by atoms with Gasteiger partial charge in [-0.1, -0.05) is 6.07 Å². The van der Waals surface area contributed by atoms with Crippen molar-refractivity contribution in [1.82, 2.24) is 10.3 Å². The van der Waals surface area contributed by atoms with Crippen LogP contribution in [0.2, 0.25) is 0 Å². The highest BCUT2D eigenvalue weighted by molar-refractivity contribution is 7.08. The van der Waals surface area contributed by atoms with Gasteiger partial charge in [-0.3, -0.25) is 9.78 Å². The molecule has 0 unspecified atom stereocenters. The number of nitrogens with zero attached hydrogens (tertiary/aromatic N) is 1. The van der Waals surface area contributed by atoms with E-state index in [1.165, 1.54) is 0 Å². The zero-order valence-electron chi connectivity index (χ0n) is 9.93. The van der Waals surface area contributed by atoms with Gasteiger partial charge in [-0.15, -0.1) is 0 Å². The third kappa shape index (κ3) is 2.43. The predicted octanol–water partition coefficient (Wildman–Crippen LogP) is 2.84. The number of hydrogen-bond acceptors (Lipinski definition) is 3. The Balaban J connectivity index is 1.76. The largest absolute Gasteiger partial charge is 0.352 e. The first-order chi connectivity index (χ1) is 8.84. The minimum Gasteiger partial charge on any atom is -0.352 e. The first kappa shape index (κ1) is 11.4. The molecule has 18 heavy (non-hydrogen) atoms. The molecule has 1 aliphatic carbocycles. The summed E-state index contributed by atoms with van der Waals surface area (Å²) >= 11 is 1.66. The number of rotatable bonds is 4. The van der Waals surface area contributed by atoms with Gasteiger partial charge < -0.3 is 5.32 Å². The monoisotopic (exact) mass is 258 g/mol. The maximum absolute atomic E-state index is 11.6. The van der Waals surface area contributed by atoms with E-state index in [0.29, 0.717) is 6.54 Å². The van der Waals surface area contributed by atoms with Gasteiger partial charge in [0.05, 0.1) is 5.69 Å². The van der Waals surface area contributed by atoms with Crippen LogP contribution in [0.4, 0.5) is 0 Å². The lowest BCUT2D eigenvalue weighted by Crippen LogP contribution is -2.24. The zero-order chi connectivity index (χ0) is 12.4. The molecule has 3 nitrogen and oxygen atoms in total. The fourth-order valence-corrected chi connectivity index (χ4v) is 2.55. The first-order valence-electron chi connectivity index (χ1n) is 6.09. The maximum atomic E-state index is 11.6. The lowest BCUT2D eigenvalue weighted by Gasteiger charge is -2.08. The van der Waals surface area contributed by atoms with Crippen molar-refractivity contribution in [2.75, 3.05) is 0 Å². The summed E-state index contributed by atoms with van der Waals surface area (Å²) in [6, 6.07) is 5.99. The van der Waals surface area contributed by atoms with E-state index in [0.717, 1.165) is 29.7 Å². The van der Waals surface area contributed by atoms with Crippen LogP contribution in [0.15, 0.2) is 35.2 Å². The van der Waals surface area contributed by atoms with Crippen molar-refractivity contribution < 1.29 is 4.79 Å². The summed E-state index contributed by atoms with van der Waals surface area (Å²) in [4.78, 5) is 16.1. The third-order valence-electron chi connectivity index (χ3n) is 3.09. The Morgan fingerprint density at radius 3 is 3.06 bits per heavy atom. The van der Waals surface area contributed by atoms with E-state index in [4.69, 9.17) is 0 Å².